The number of benzene rings is 1. The first-order valence-corrected chi connectivity index (χ1v) is 12.0. The van der Waals surface area contributed by atoms with Gasteiger partial charge in [0.2, 0.25) is 5.91 Å². The Morgan fingerprint density at radius 3 is 2.53 bits per heavy atom. The van der Waals surface area contributed by atoms with E-state index in [-0.39, 0.29) is 17.7 Å². The van der Waals surface area contributed by atoms with Crippen molar-refractivity contribution in [1.29, 1.82) is 0 Å². The number of aromatic nitrogens is 2. The molecular formula is C26H31N5O2S. The lowest BCUT2D eigenvalue weighted by molar-refractivity contribution is -0.117. The number of amides is 2. The average molecular weight is 478 g/mol. The minimum atomic E-state index is -0.334. The number of nitrogens with one attached hydrogen (secondary N) is 1. The van der Waals surface area contributed by atoms with Gasteiger partial charge in [-0.2, -0.15) is 0 Å². The van der Waals surface area contributed by atoms with Crippen molar-refractivity contribution in [2.45, 2.75) is 26.2 Å². The first-order valence-electron chi connectivity index (χ1n) is 11.2. The summed E-state index contributed by atoms with van der Waals surface area (Å²) in [7, 11) is 5.60. The minimum Gasteiger partial charge on any atom is -0.306 e. The zero-order chi connectivity index (χ0) is 24.7. The van der Waals surface area contributed by atoms with Crippen molar-refractivity contribution in [2.24, 2.45) is 0 Å². The van der Waals surface area contributed by atoms with Gasteiger partial charge in [0.05, 0.1) is 5.92 Å². The molecule has 1 aromatic carbocycles. The summed E-state index contributed by atoms with van der Waals surface area (Å²) < 4.78 is 0. The molecule has 0 saturated heterocycles. The summed E-state index contributed by atoms with van der Waals surface area (Å²) in [6, 6.07) is 11.6. The Morgan fingerprint density at radius 2 is 1.88 bits per heavy atom. The number of likely N-dealkylation sites (N-methyl/N-ethyl adjacent to an activating group) is 2. The van der Waals surface area contributed by atoms with Crippen LogP contribution in [0.4, 0.5) is 10.9 Å². The van der Waals surface area contributed by atoms with Gasteiger partial charge in [-0.05, 0) is 50.7 Å². The molecule has 3 aromatic rings. The fourth-order valence-electron chi connectivity index (χ4n) is 3.23. The molecule has 0 bridgehead atoms. The number of hydrogen-bond donors (Lipinski definition) is 1. The van der Waals surface area contributed by atoms with Crippen molar-refractivity contribution in [3.8, 4) is 11.1 Å². The summed E-state index contributed by atoms with van der Waals surface area (Å²) in [6.07, 6.45) is 7.82. The van der Waals surface area contributed by atoms with Crippen LogP contribution >= 0.6 is 11.3 Å². The fourth-order valence-corrected chi connectivity index (χ4v) is 3.98. The van der Waals surface area contributed by atoms with Crippen molar-refractivity contribution >= 4 is 34.1 Å². The van der Waals surface area contributed by atoms with E-state index in [1.54, 1.807) is 25.5 Å². The zero-order valence-electron chi connectivity index (χ0n) is 20.3. The number of pyridine rings is 1. The molecule has 1 N–H and O–H groups in total. The Morgan fingerprint density at radius 1 is 1.09 bits per heavy atom. The Balaban J connectivity index is 1.69. The molecule has 34 heavy (non-hydrogen) atoms. The Labute approximate surface area is 205 Å². The highest BCUT2D eigenvalue weighted by Crippen LogP contribution is 2.26. The highest BCUT2D eigenvalue weighted by Gasteiger charge is 2.17. The maximum absolute atomic E-state index is 12.8. The van der Waals surface area contributed by atoms with Gasteiger partial charge >= 0.3 is 0 Å². The van der Waals surface area contributed by atoms with Gasteiger partial charge in [0.15, 0.2) is 5.13 Å². The molecule has 0 aliphatic heterocycles. The van der Waals surface area contributed by atoms with Gasteiger partial charge in [-0.1, -0.05) is 37.3 Å². The Bertz CT molecular complexity index is 1150. The van der Waals surface area contributed by atoms with Crippen molar-refractivity contribution in [1.82, 2.24) is 14.9 Å². The number of anilines is 2. The largest absolute Gasteiger partial charge is 0.306 e. The van der Waals surface area contributed by atoms with Gasteiger partial charge in [-0.25, -0.2) is 9.97 Å². The molecule has 0 aliphatic rings. The summed E-state index contributed by atoms with van der Waals surface area (Å²) in [5.74, 6) is 0.0150. The molecule has 0 radical (unpaired) electrons. The SMILES string of the molecule is CCc1cnc(NC(=O)C(C)c2cccc(-c3ccc(N(C)C(=O)/C=C/CN(C)C)nc3)c2)s1. The molecule has 0 aliphatic carbocycles. The van der Waals surface area contributed by atoms with E-state index in [1.165, 1.54) is 16.2 Å². The lowest BCUT2D eigenvalue weighted by Gasteiger charge is -2.15. The van der Waals surface area contributed by atoms with Crippen molar-refractivity contribution < 1.29 is 9.59 Å². The third-order valence-corrected chi connectivity index (χ3v) is 6.46. The smallest absolute Gasteiger partial charge is 0.251 e. The number of carbonyl (C=O) groups is 2. The van der Waals surface area contributed by atoms with E-state index >= 15 is 0 Å². The summed E-state index contributed by atoms with van der Waals surface area (Å²) in [5.41, 5.74) is 2.78. The molecule has 7 nitrogen and oxygen atoms in total. The van der Waals surface area contributed by atoms with Gasteiger partial charge in [0, 0.05) is 42.5 Å². The van der Waals surface area contributed by atoms with E-state index in [1.807, 2.05) is 68.4 Å². The van der Waals surface area contributed by atoms with Crippen LogP contribution in [0.1, 0.15) is 30.2 Å². The van der Waals surface area contributed by atoms with Crippen LogP contribution in [-0.4, -0.2) is 54.4 Å². The fraction of sp³-hybridized carbons (Fsp3) is 0.308. The molecule has 178 valence electrons. The molecule has 2 amide bonds. The molecule has 2 heterocycles. The van der Waals surface area contributed by atoms with Gasteiger partial charge < -0.3 is 10.2 Å². The number of nitrogens with zero attached hydrogens (tertiary/aromatic N) is 4. The first-order chi connectivity index (χ1) is 16.3. The van der Waals surface area contributed by atoms with E-state index < -0.39 is 0 Å². The van der Waals surface area contributed by atoms with Gasteiger partial charge in [-0.15, -0.1) is 11.3 Å². The molecule has 3 rings (SSSR count). The predicted molar refractivity (Wildman–Crippen MR) is 139 cm³/mol. The zero-order valence-corrected chi connectivity index (χ0v) is 21.1. The second kappa shape index (κ2) is 11.7. The Hall–Kier alpha value is -3.36. The van der Waals surface area contributed by atoms with Crippen LogP contribution in [0.5, 0.6) is 0 Å². The molecular weight excluding hydrogens is 446 g/mol. The molecule has 1 unspecified atom stereocenters. The lowest BCUT2D eigenvalue weighted by atomic mass is 9.96. The second-order valence-corrected chi connectivity index (χ2v) is 9.40. The highest BCUT2D eigenvalue weighted by molar-refractivity contribution is 7.15. The minimum absolute atomic E-state index is 0.0925. The topological polar surface area (TPSA) is 78.4 Å². The number of aryl methyl sites for hydroxylation is 1. The van der Waals surface area contributed by atoms with Crippen LogP contribution in [0, 0.1) is 0 Å². The number of rotatable bonds is 9. The van der Waals surface area contributed by atoms with Crippen LogP contribution in [0.25, 0.3) is 11.1 Å². The number of thiazole rings is 1. The summed E-state index contributed by atoms with van der Waals surface area (Å²) >= 11 is 1.50. The van der Waals surface area contributed by atoms with Gasteiger partial charge in [-0.3, -0.25) is 14.5 Å². The second-order valence-electron chi connectivity index (χ2n) is 8.29. The van der Waals surface area contributed by atoms with Crippen molar-refractivity contribution in [2.75, 3.05) is 37.9 Å². The van der Waals surface area contributed by atoms with Crippen LogP contribution in [0.3, 0.4) is 0 Å². The highest BCUT2D eigenvalue weighted by atomic mass is 32.1. The predicted octanol–water partition coefficient (Wildman–Crippen LogP) is 4.59. The van der Waals surface area contributed by atoms with E-state index in [4.69, 9.17) is 0 Å². The van der Waals surface area contributed by atoms with Crippen LogP contribution in [0.2, 0.25) is 0 Å². The normalized spacial score (nSPS) is 12.2. The number of hydrogen-bond acceptors (Lipinski definition) is 6. The summed E-state index contributed by atoms with van der Waals surface area (Å²) in [4.78, 5) is 38.5. The first kappa shape index (κ1) is 25.3. The molecule has 2 aromatic heterocycles. The quantitative estimate of drug-likeness (QED) is 0.456. The van der Waals surface area contributed by atoms with Crippen LogP contribution < -0.4 is 10.2 Å². The maximum Gasteiger partial charge on any atom is 0.251 e. The van der Waals surface area contributed by atoms with Crippen molar-refractivity contribution in [3.63, 3.8) is 0 Å². The standard InChI is InChI=1S/C26H31N5O2S/c1-6-22-17-28-26(34-22)29-25(33)18(2)19-9-7-10-20(15-19)21-12-13-23(27-16-21)31(5)24(32)11-8-14-30(3)4/h7-13,15-18H,6,14H2,1-5H3,(H,28,29,33)/b11-8+. The molecule has 0 saturated carbocycles. The van der Waals surface area contributed by atoms with Crippen LogP contribution in [-0.2, 0) is 16.0 Å². The van der Waals surface area contributed by atoms with Gasteiger partial charge in [0.25, 0.3) is 5.91 Å². The van der Waals surface area contributed by atoms with E-state index in [9.17, 15) is 9.59 Å². The third kappa shape index (κ3) is 6.59. The molecule has 8 heteroatoms. The van der Waals surface area contributed by atoms with Crippen molar-refractivity contribution in [3.05, 3.63) is 71.4 Å². The molecule has 1 atom stereocenters. The van der Waals surface area contributed by atoms with E-state index in [0.29, 0.717) is 17.5 Å². The van der Waals surface area contributed by atoms with E-state index in [2.05, 4.69) is 22.2 Å². The molecule has 0 fully saturated rings. The number of carbonyl (C=O) groups excluding carboxylic acids is 2. The summed E-state index contributed by atoms with van der Waals surface area (Å²) in [5, 5.41) is 3.54. The van der Waals surface area contributed by atoms with E-state index in [0.717, 1.165) is 28.0 Å². The monoisotopic (exact) mass is 477 g/mol. The Kier molecular flexibility index (Phi) is 8.67. The maximum atomic E-state index is 12.8. The van der Waals surface area contributed by atoms with Crippen LogP contribution in [0.15, 0.2) is 60.9 Å². The lowest BCUT2D eigenvalue weighted by Crippen LogP contribution is -2.25. The third-order valence-electron chi connectivity index (χ3n) is 5.40. The average Bonchev–Trinajstić information content (AvgIpc) is 3.30. The van der Waals surface area contributed by atoms with Gasteiger partial charge in [0.1, 0.15) is 5.82 Å². The summed E-state index contributed by atoms with van der Waals surface area (Å²) in [6.45, 7) is 4.64. The molecule has 0 spiro atoms.